The van der Waals surface area contributed by atoms with E-state index < -0.39 is 4.92 Å². The topological polar surface area (TPSA) is 64.4 Å². The highest BCUT2D eigenvalue weighted by atomic mass is 35.5. The summed E-state index contributed by atoms with van der Waals surface area (Å²) in [5.41, 5.74) is 0.274. The molecule has 5 nitrogen and oxygen atoms in total. The third kappa shape index (κ3) is 4.32. The maximum atomic E-state index is 12.7. The summed E-state index contributed by atoms with van der Waals surface area (Å²) in [5.74, 6) is 0.189. The summed E-state index contributed by atoms with van der Waals surface area (Å²) in [6, 6.07) is 9.90. The number of hydrogen-bond acceptors (Lipinski definition) is 4. The van der Waals surface area contributed by atoms with Gasteiger partial charge in [0.1, 0.15) is 23.9 Å². The van der Waals surface area contributed by atoms with Crippen LogP contribution < -0.4 is 10.1 Å². The van der Waals surface area contributed by atoms with E-state index in [0.717, 1.165) is 0 Å². The summed E-state index contributed by atoms with van der Waals surface area (Å²) >= 11 is 5.82. The van der Waals surface area contributed by atoms with Gasteiger partial charge in [-0.2, -0.15) is 0 Å². The summed E-state index contributed by atoms with van der Waals surface area (Å²) in [4.78, 5) is 10.4. The number of hydrogen-bond donors (Lipinski definition) is 1. The number of nitro benzene ring substituents is 1. The van der Waals surface area contributed by atoms with Gasteiger partial charge in [-0.05, 0) is 36.4 Å². The Kier molecular flexibility index (Phi) is 4.94. The van der Waals surface area contributed by atoms with Crippen LogP contribution in [0.2, 0.25) is 5.02 Å². The van der Waals surface area contributed by atoms with Crippen molar-refractivity contribution < 1.29 is 14.1 Å². The lowest BCUT2D eigenvalue weighted by Crippen LogP contribution is -2.12. The first-order valence-corrected chi connectivity index (χ1v) is 6.50. The lowest BCUT2D eigenvalue weighted by Gasteiger charge is -2.09. The van der Waals surface area contributed by atoms with Crippen molar-refractivity contribution in [3.8, 4) is 5.75 Å². The van der Waals surface area contributed by atoms with E-state index in [1.807, 2.05) is 0 Å². The third-order valence-corrected chi connectivity index (χ3v) is 2.89. The van der Waals surface area contributed by atoms with Crippen LogP contribution in [-0.4, -0.2) is 18.1 Å². The standard InChI is InChI=1S/C14H12ClFN2O3/c15-10-1-6-14(18(19)20)13(9-10)17-7-8-21-12-4-2-11(16)3-5-12/h1-6,9,17H,7-8H2. The van der Waals surface area contributed by atoms with Gasteiger partial charge >= 0.3 is 0 Å². The van der Waals surface area contributed by atoms with Crippen molar-refractivity contribution in [2.45, 2.75) is 0 Å². The van der Waals surface area contributed by atoms with Crippen LogP contribution in [0.4, 0.5) is 15.8 Å². The number of nitro groups is 1. The maximum Gasteiger partial charge on any atom is 0.292 e. The number of nitrogens with zero attached hydrogens (tertiary/aromatic N) is 1. The Morgan fingerprint density at radius 2 is 1.95 bits per heavy atom. The molecule has 0 amide bonds. The molecule has 0 aliphatic carbocycles. The molecule has 0 saturated heterocycles. The Morgan fingerprint density at radius 3 is 2.62 bits per heavy atom. The highest BCUT2D eigenvalue weighted by Gasteiger charge is 2.13. The van der Waals surface area contributed by atoms with Gasteiger partial charge in [0.25, 0.3) is 5.69 Å². The van der Waals surface area contributed by atoms with Gasteiger partial charge in [0.2, 0.25) is 0 Å². The quantitative estimate of drug-likeness (QED) is 0.499. The number of ether oxygens (including phenoxy) is 1. The van der Waals surface area contributed by atoms with Gasteiger partial charge in [-0.3, -0.25) is 10.1 Å². The van der Waals surface area contributed by atoms with Crippen LogP contribution in [0.15, 0.2) is 42.5 Å². The molecule has 110 valence electrons. The summed E-state index contributed by atoms with van der Waals surface area (Å²) < 4.78 is 18.1. The number of halogens is 2. The third-order valence-electron chi connectivity index (χ3n) is 2.66. The van der Waals surface area contributed by atoms with E-state index in [-0.39, 0.29) is 18.1 Å². The summed E-state index contributed by atoms with van der Waals surface area (Å²) in [5, 5.41) is 14.2. The molecule has 0 unspecified atom stereocenters. The molecule has 7 heteroatoms. The lowest BCUT2D eigenvalue weighted by atomic mass is 10.2. The van der Waals surface area contributed by atoms with Gasteiger partial charge in [-0.1, -0.05) is 11.6 Å². The van der Waals surface area contributed by atoms with Gasteiger partial charge in [0.15, 0.2) is 0 Å². The van der Waals surface area contributed by atoms with Crippen molar-refractivity contribution in [1.29, 1.82) is 0 Å². The van der Waals surface area contributed by atoms with Crippen molar-refractivity contribution in [1.82, 2.24) is 0 Å². The lowest BCUT2D eigenvalue weighted by molar-refractivity contribution is -0.384. The average molecular weight is 311 g/mol. The molecule has 0 aromatic heterocycles. The molecule has 0 saturated carbocycles. The molecule has 0 heterocycles. The zero-order chi connectivity index (χ0) is 15.2. The van der Waals surface area contributed by atoms with Crippen molar-refractivity contribution in [3.63, 3.8) is 0 Å². The first-order valence-electron chi connectivity index (χ1n) is 6.12. The fourth-order valence-corrected chi connectivity index (χ4v) is 1.87. The minimum absolute atomic E-state index is 0.0545. The van der Waals surface area contributed by atoms with E-state index in [1.54, 1.807) is 0 Å². The van der Waals surface area contributed by atoms with Crippen molar-refractivity contribution in [3.05, 3.63) is 63.4 Å². The van der Waals surface area contributed by atoms with Crippen LogP contribution in [0.5, 0.6) is 5.75 Å². The van der Waals surface area contributed by atoms with E-state index in [4.69, 9.17) is 16.3 Å². The van der Waals surface area contributed by atoms with Crippen LogP contribution in [0.25, 0.3) is 0 Å². The second-order valence-electron chi connectivity index (χ2n) is 4.15. The molecule has 0 radical (unpaired) electrons. The van der Waals surface area contributed by atoms with Gasteiger partial charge in [-0.15, -0.1) is 0 Å². The second kappa shape index (κ2) is 6.90. The Morgan fingerprint density at radius 1 is 1.24 bits per heavy atom. The highest BCUT2D eigenvalue weighted by Crippen LogP contribution is 2.27. The molecule has 21 heavy (non-hydrogen) atoms. The monoisotopic (exact) mass is 310 g/mol. The Bertz CT molecular complexity index is 635. The fraction of sp³-hybridized carbons (Fsp3) is 0.143. The Labute approximate surface area is 125 Å². The number of rotatable bonds is 6. The highest BCUT2D eigenvalue weighted by molar-refractivity contribution is 6.31. The Hall–Kier alpha value is -2.34. The number of anilines is 1. The molecule has 2 aromatic carbocycles. The molecular weight excluding hydrogens is 299 g/mol. The summed E-state index contributed by atoms with van der Waals surface area (Å²) in [7, 11) is 0. The van der Waals surface area contributed by atoms with Gasteiger partial charge in [0, 0.05) is 17.6 Å². The predicted octanol–water partition coefficient (Wildman–Crippen LogP) is 3.88. The number of benzene rings is 2. The first-order chi connectivity index (χ1) is 10.1. The second-order valence-corrected chi connectivity index (χ2v) is 4.58. The molecule has 2 rings (SSSR count). The fourth-order valence-electron chi connectivity index (χ4n) is 1.69. The maximum absolute atomic E-state index is 12.7. The molecule has 0 spiro atoms. The van der Waals surface area contributed by atoms with Crippen molar-refractivity contribution >= 4 is 23.0 Å². The summed E-state index contributed by atoms with van der Waals surface area (Å²) in [6.07, 6.45) is 0. The minimum atomic E-state index is -0.487. The zero-order valence-electron chi connectivity index (χ0n) is 10.9. The Balaban J connectivity index is 1.90. The van der Waals surface area contributed by atoms with Crippen LogP contribution in [-0.2, 0) is 0 Å². The first kappa shape index (κ1) is 15.1. The van der Waals surface area contributed by atoms with Gasteiger partial charge in [-0.25, -0.2) is 4.39 Å². The predicted molar refractivity (Wildman–Crippen MR) is 78.5 cm³/mol. The smallest absolute Gasteiger partial charge is 0.292 e. The molecular formula is C14H12ClFN2O3. The van der Waals surface area contributed by atoms with E-state index in [9.17, 15) is 14.5 Å². The van der Waals surface area contributed by atoms with E-state index in [2.05, 4.69) is 5.32 Å². The van der Waals surface area contributed by atoms with E-state index in [1.165, 1.54) is 42.5 Å². The minimum Gasteiger partial charge on any atom is -0.492 e. The average Bonchev–Trinajstić information content (AvgIpc) is 2.45. The van der Waals surface area contributed by atoms with Crippen molar-refractivity contribution in [2.75, 3.05) is 18.5 Å². The molecule has 0 aliphatic heterocycles. The van der Waals surface area contributed by atoms with Crippen molar-refractivity contribution in [2.24, 2.45) is 0 Å². The molecule has 0 aliphatic rings. The van der Waals surface area contributed by atoms with Crippen LogP contribution in [0, 0.1) is 15.9 Å². The van der Waals surface area contributed by atoms with E-state index >= 15 is 0 Å². The molecule has 1 N–H and O–H groups in total. The molecule has 2 aromatic rings. The van der Waals surface area contributed by atoms with E-state index in [0.29, 0.717) is 23.0 Å². The van der Waals surface area contributed by atoms with Crippen LogP contribution in [0.3, 0.4) is 0 Å². The number of nitrogens with one attached hydrogen (secondary N) is 1. The zero-order valence-corrected chi connectivity index (χ0v) is 11.6. The SMILES string of the molecule is O=[N+]([O-])c1ccc(Cl)cc1NCCOc1ccc(F)cc1. The summed E-state index contributed by atoms with van der Waals surface area (Å²) in [6.45, 7) is 0.619. The molecule has 0 fully saturated rings. The van der Waals surface area contributed by atoms with Crippen LogP contribution in [0.1, 0.15) is 0 Å². The molecule has 0 bridgehead atoms. The van der Waals surface area contributed by atoms with Gasteiger partial charge < -0.3 is 10.1 Å². The molecule has 0 atom stereocenters. The normalized spacial score (nSPS) is 10.2. The van der Waals surface area contributed by atoms with Gasteiger partial charge in [0.05, 0.1) is 4.92 Å². The largest absolute Gasteiger partial charge is 0.492 e. The van der Waals surface area contributed by atoms with Crippen LogP contribution >= 0.6 is 11.6 Å².